The highest BCUT2D eigenvalue weighted by atomic mass is 16.4. The highest BCUT2D eigenvalue weighted by molar-refractivity contribution is 5.94. The van der Waals surface area contributed by atoms with E-state index in [9.17, 15) is 9.59 Å². The zero-order chi connectivity index (χ0) is 27.5. The third kappa shape index (κ3) is 7.87. The van der Waals surface area contributed by atoms with E-state index in [1.54, 1.807) is 53.8 Å². The number of anilines is 1. The van der Waals surface area contributed by atoms with Crippen molar-refractivity contribution in [1.82, 2.24) is 35.5 Å². The largest absolute Gasteiger partial charge is 0.481 e. The number of carbonyl (C=O) groups excluding carboxylic acids is 2. The molecule has 3 aromatic rings. The van der Waals surface area contributed by atoms with Gasteiger partial charge in [-0.15, -0.1) is 0 Å². The third-order valence-electron chi connectivity index (χ3n) is 5.10. The van der Waals surface area contributed by atoms with Crippen LogP contribution in [0.25, 0.3) is 6.08 Å². The molecule has 38 heavy (non-hydrogen) atoms. The van der Waals surface area contributed by atoms with E-state index in [1.165, 1.54) is 0 Å². The summed E-state index contributed by atoms with van der Waals surface area (Å²) in [4.78, 5) is 51.1. The van der Waals surface area contributed by atoms with E-state index in [-0.39, 0.29) is 24.0 Å². The molecule has 0 saturated carbocycles. The summed E-state index contributed by atoms with van der Waals surface area (Å²) in [5, 5.41) is 13.2. The van der Waals surface area contributed by atoms with Crippen LogP contribution >= 0.6 is 0 Å². The molecule has 0 saturated heterocycles. The highest BCUT2D eigenvalue weighted by Crippen LogP contribution is 2.19. The van der Waals surface area contributed by atoms with Crippen molar-refractivity contribution in [2.24, 2.45) is 10.7 Å². The summed E-state index contributed by atoms with van der Waals surface area (Å²) in [5.41, 5.74) is 13.0. The molecule has 2 unspecified atom stereocenters. The van der Waals surface area contributed by atoms with Crippen LogP contribution in [-0.4, -0.2) is 79.0 Å². The van der Waals surface area contributed by atoms with Gasteiger partial charge in [0.05, 0.1) is 17.9 Å². The molecule has 0 radical (unpaired) electrons. The summed E-state index contributed by atoms with van der Waals surface area (Å²) in [5.74, 6) is -0.269. The number of carboxylic acid groups (broad SMARTS) is 1. The van der Waals surface area contributed by atoms with Crippen LogP contribution in [0.15, 0.2) is 66.1 Å². The molecule has 0 fully saturated rings. The maximum atomic E-state index is 12.2. The molecule has 0 aliphatic carbocycles. The molecule has 5 rings (SSSR count). The molecule has 2 amide bonds. The summed E-state index contributed by atoms with van der Waals surface area (Å²) in [6.07, 6.45) is 12.4. The van der Waals surface area contributed by atoms with Gasteiger partial charge in [0.2, 0.25) is 0 Å². The molecule has 2 aliphatic rings. The summed E-state index contributed by atoms with van der Waals surface area (Å²) in [6.45, 7) is 2.08. The van der Waals surface area contributed by atoms with Crippen molar-refractivity contribution in [1.29, 1.82) is 0 Å². The third-order valence-corrected chi connectivity index (χ3v) is 5.10. The van der Waals surface area contributed by atoms with Gasteiger partial charge in [-0.1, -0.05) is 18.2 Å². The first kappa shape index (κ1) is 27.3. The number of rotatable bonds is 5. The van der Waals surface area contributed by atoms with Crippen molar-refractivity contribution in [3.8, 4) is 0 Å². The van der Waals surface area contributed by atoms with Crippen LogP contribution < -0.4 is 22.1 Å². The van der Waals surface area contributed by atoms with E-state index in [4.69, 9.17) is 21.4 Å². The zero-order valence-corrected chi connectivity index (χ0v) is 20.6. The van der Waals surface area contributed by atoms with E-state index in [0.29, 0.717) is 36.4 Å². The normalized spacial score (nSPS) is 17.3. The first-order valence-corrected chi connectivity index (χ1v) is 11.5. The van der Waals surface area contributed by atoms with E-state index in [1.807, 2.05) is 18.2 Å². The van der Waals surface area contributed by atoms with Crippen molar-refractivity contribution in [2.45, 2.75) is 19.1 Å². The molecule has 0 aromatic carbocycles. The van der Waals surface area contributed by atoms with Crippen LogP contribution in [0.1, 0.15) is 33.6 Å². The van der Waals surface area contributed by atoms with Gasteiger partial charge in [-0.25, -0.2) is 9.98 Å². The minimum absolute atomic E-state index is 0.0114. The topological polar surface area (TPSA) is 223 Å². The average Bonchev–Trinajstić information content (AvgIpc) is 3.68. The molecular weight excluding hydrogens is 492 g/mol. The Morgan fingerprint density at radius 2 is 1.87 bits per heavy atom. The van der Waals surface area contributed by atoms with Crippen molar-refractivity contribution in [2.75, 3.05) is 18.8 Å². The first-order valence-electron chi connectivity index (χ1n) is 11.5. The number of aliphatic carboxylic acids is 1. The summed E-state index contributed by atoms with van der Waals surface area (Å²) >= 11 is 0. The molecule has 0 bridgehead atoms. The highest BCUT2D eigenvalue weighted by Gasteiger charge is 2.36. The molecule has 2 atom stereocenters. The van der Waals surface area contributed by atoms with Crippen molar-refractivity contribution in [3.63, 3.8) is 0 Å². The Balaban J connectivity index is 0.000000185. The van der Waals surface area contributed by atoms with Crippen molar-refractivity contribution in [3.05, 3.63) is 78.2 Å². The number of amides is 2. The lowest BCUT2D eigenvalue weighted by atomic mass is 10.1. The fourth-order valence-electron chi connectivity index (χ4n) is 3.51. The molecular formula is C24H30N10O4. The number of aromatic amines is 3. The number of guanidine groups is 1. The zero-order valence-electron chi connectivity index (χ0n) is 20.6. The van der Waals surface area contributed by atoms with Gasteiger partial charge >= 0.3 is 0 Å². The number of nitrogens with zero attached hydrogens (tertiary/aromatic N) is 3. The maximum absolute atomic E-state index is 12.2. The Morgan fingerprint density at radius 1 is 1.18 bits per heavy atom. The van der Waals surface area contributed by atoms with Gasteiger partial charge in [-0.05, 0) is 30.3 Å². The second-order valence-electron chi connectivity index (χ2n) is 8.01. The van der Waals surface area contributed by atoms with E-state index < -0.39 is 5.97 Å². The second kappa shape index (κ2) is 13.2. The summed E-state index contributed by atoms with van der Waals surface area (Å²) in [6, 6.07) is 7.04. The Bertz CT molecular complexity index is 1290. The SMILES string of the molecule is CC(=O)O.NC1=NC2C(C=CCN2C(=O)c2ccc[nH]2)N1.Nc1ncc(/C=C\CNC(=O)c2ccc[nH]2)[nH]1. The lowest BCUT2D eigenvalue weighted by Gasteiger charge is -2.31. The standard InChI is InChI=1S/2C11H13N5O.C2H4O2/c12-11-14-7-4-2-6-16(9(7)15-11)10(17)8-3-1-5-13-8;12-11-15-7-8(16-11)3-1-6-14-10(17)9-4-2-5-13-9;1-2(3)4/h1-5,7,9,13H,6H2,(H3,12,14,15);1-5,7,13H,6H2,(H,14,17)(H3,12,15,16);1H3,(H,3,4)/b;3-1-;. The number of H-pyrrole nitrogens is 3. The molecule has 14 heteroatoms. The second-order valence-corrected chi connectivity index (χ2v) is 8.01. The lowest BCUT2D eigenvalue weighted by molar-refractivity contribution is -0.134. The Morgan fingerprint density at radius 3 is 2.47 bits per heavy atom. The van der Waals surface area contributed by atoms with Crippen LogP contribution in [0.4, 0.5) is 5.95 Å². The Kier molecular flexibility index (Phi) is 9.46. The predicted octanol–water partition coefficient (Wildman–Crippen LogP) is 0.493. The van der Waals surface area contributed by atoms with Crippen LogP contribution in [0.3, 0.4) is 0 Å². The molecule has 200 valence electrons. The van der Waals surface area contributed by atoms with Gasteiger partial charge in [0.1, 0.15) is 11.4 Å². The van der Waals surface area contributed by atoms with Gasteiger partial charge in [0, 0.05) is 32.4 Å². The number of nitrogen functional groups attached to an aromatic ring is 1. The lowest BCUT2D eigenvalue weighted by Crippen LogP contribution is -2.49. The van der Waals surface area contributed by atoms with E-state index in [2.05, 4.69) is 35.6 Å². The number of hydrogen-bond acceptors (Lipinski definition) is 8. The minimum atomic E-state index is -0.833. The number of carbonyl (C=O) groups is 3. The van der Waals surface area contributed by atoms with Crippen molar-refractivity contribution >= 4 is 35.8 Å². The van der Waals surface area contributed by atoms with Gasteiger partial charge in [0.25, 0.3) is 17.8 Å². The predicted molar refractivity (Wildman–Crippen MR) is 142 cm³/mol. The monoisotopic (exact) mass is 522 g/mol. The van der Waals surface area contributed by atoms with E-state index >= 15 is 0 Å². The number of carboxylic acids is 1. The number of hydrogen-bond donors (Lipinski definition) is 8. The first-order chi connectivity index (χ1) is 18.2. The number of aliphatic imine (C=N–C) groups is 1. The fraction of sp³-hybridized carbons (Fsp3) is 0.208. The van der Waals surface area contributed by atoms with Crippen LogP contribution in [0, 0.1) is 0 Å². The van der Waals surface area contributed by atoms with Gasteiger partial charge in [-0.3, -0.25) is 14.4 Å². The Hall–Kier alpha value is -5.27. The van der Waals surface area contributed by atoms with Crippen molar-refractivity contribution < 1.29 is 19.5 Å². The molecule has 0 spiro atoms. The van der Waals surface area contributed by atoms with Crippen LogP contribution in [0.2, 0.25) is 0 Å². The fourth-order valence-corrected chi connectivity index (χ4v) is 3.51. The van der Waals surface area contributed by atoms with Crippen LogP contribution in [0.5, 0.6) is 0 Å². The van der Waals surface area contributed by atoms with Crippen LogP contribution in [-0.2, 0) is 4.79 Å². The summed E-state index contributed by atoms with van der Waals surface area (Å²) < 4.78 is 0. The number of nitrogens with two attached hydrogens (primary N) is 2. The summed E-state index contributed by atoms with van der Waals surface area (Å²) in [7, 11) is 0. The molecule has 5 heterocycles. The molecule has 14 nitrogen and oxygen atoms in total. The van der Waals surface area contributed by atoms with Gasteiger partial charge in [-0.2, -0.15) is 0 Å². The number of nitrogens with one attached hydrogen (secondary N) is 5. The molecule has 3 aromatic heterocycles. The van der Waals surface area contributed by atoms with Gasteiger partial charge < -0.3 is 47.1 Å². The quantitative estimate of drug-likeness (QED) is 0.220. The average molecular weight is 523 g/mol. The molecule has 2 aliphatic heterocycles. The number of fused-ring (bicyclic) bond motifs is 1. The minimum Gasteiger partial charge on any atom is -0.481 e. The number of aromatic nitrogens is 4. The smallest absolute Gasteiger partial charge is 0.300 e. The Labute approximate surface area is 217 Å². The number of imidazole rings is 1. The maximum Gasteiger partial charge on any atom is 0.300 e. The molecule has 10 N–H and O–H groups in total. The van der Waals surface area contributed by atoms with Gasteiger partial charge in [0.15, 0.2) is 18.1 Å². The van der Waals surface area contributed by atoms with E-state index in [0.717, 1.165) is 12.6 Å².